The summed E-state index contributed by atoms with van der Waals surface area (Å²) >= 11 is -2.03. The van der Waals surface area contributed by atoms with Gasteiger partial charge in [0.15, 0.2) is 11.1 Å². The first-order valence-corrected chi connectivity index (χ1v) is 4.79. The van der Waals surface area contributed by atoms with Crippen LogP contribution < -0.4 is 0 Å². The lowest BCUT2D eigenvalue weighted by atomic mass is 10.2. The Morgan fingerprint density at radius 2 is 2.21 bits per heavy atom. The molecule has 0 bridgehead atoms. The third kappa shape index (κ3) is 3.08. The van der Waals surface area contributed by atoms with E-state index in [0.29, 0.717) is 5.56 Å². The van der Waals surface area contributed by atoms with Gasteiger partial charge in [-0.3, -0.25) is 10.1 Å². The molecular weight excluding hydrogens is 206 g/mol. The summed E-state index contributed by atoms with van der Waals surface area (Å²) in [6, 6.07) is 5.80. The Kier molecular flexibility index (Phi) is 3.49. The highest BCUT2D eigenvalue weighted by atomic mass is 32.2. The molecule has 5 nitrogen and oxygen atoms in total. The van der Waals surface area contributed by atoms with E-state index in [1.807, 2.05) is 0 Å². The molecule has 1 N–H and O–H groups in total. The summed E-state index contributed by atoms with van der Waals surface area (Å²) in [6.07, 6.45) is 1.35. The first-order valence-electron chi connectivity index (χ1n) is 3.62. The molecule has 0 aliphatic heterocycles. The smallest absolute Gasteiger partial charge is 0.270 e. The van der Waals surface area contributed by atoms with Gasteiger partial charge < -0.3 is 4.55 Å². The Balaban J connectivity index is 2.94. The fraction of sp³-hybridized carbons (Fsp3) is 0. The number of nitro benzene ring substituents is 1. The minimum atomic E-state index is -2.03. The molecule has 1 rings (SSSR count). The Hall–Kier alpha value is -1.53. The van der Waals surface area contributed by atoms with E-state index in [0.717, 1.165) is 5.41 Å². The van der Waals surface area contributed by atoms with Gasteiger partial charge in [0, 0.05) is 17.5 Å². The lowest BCUT2D eigenvalue weighted by Crippen LogP contribution is -1.87. The summed E-state index contributed by atoms with van der Waals surface area (Å²) < 4.78 is 18.7. The van der Waals surface area contributed by atoms with Crippen molar-refractivity contribution in [3.63, 3.8) is 0 Å². The number of nitrogens with zero attached hydrogens (tertiary/aromatic N) is 1. The van der Waals surface area contributed by atoms with Crippen molar-refractivity contribution in [2.75, 3.05) is 0 Å². The summed E-state index contributed by atoms with van der Waals surface area (Å²) in [4.78, 5) is 9.84. The number of hydrogen-bond acceptors (Lipinski definition) is 3. The fourth-order valence-corrected chi connectivity index (χ4v) is 1.15. The Labute approximate surface area is 82.5 Å². The van der Waals surface area contributed by atoms with Gasteiger partial charge in [-0.15, -0.1) is 0 Å². The molecule has 1 unspecified atom stereocenters. The van der Waals surface area contributed by atoms with Crippen LogP contribution in [0, 0.1) is 10.1 Å². The van der Waals surface area contributed by atoms with E-state index < -0.39 is 16.0 Å². The lowest BCUT2D eigenvalue weighted by molar-refractivity contribution is -0.384. The highest BCUT2D eigenvalue weighted by molar-refractivity contribution is 7.82. The van der Waals surface area contributed by atoms with Crippen LogP contribution in [0.3, 0.4) is 0 Å². The number of benzene rings is 1. The molecular formula is C8H7NO4S. The predicted molar refractivity (Wildman–Crippen MR) is 52.9 cm³/mol. The molecule has 0 amide bonds. The molecule has 0 radical (unpaired) electrons. The van der Waals surface area contributed by atoms with Gasteiger partial charge in [-0.1, -0.05) is 12.1 Å². The zero-order valence-corrected chi connectivity index (χ0v) is 7.81. The summed E-state index contributed by atoms with van der Waals surface area (Å²) in [5.41, 5.74) is 0.470. The van der Waals surface area contributed by atoms with Crippen LogP contribution in [0.4, 0.5) is 5.69 Å². The van der Waals surface area contributed by atoms with Crippen molar-refractivity contribution in [1.82, 2.24) is 0 Å². The average molecular weight is 213 g/mol. The van der Waals surface area contributed by atoms with E-state index in [9.17, 15) is 14.3 Å². The molecule has 0 spiro atoms. The molecule has 1 atom stereocenters. The van der Waals surface area contributed by atoms with Crippen molar-refractivity contribution < 1.29 is 13.7 Å². The Morgan fingerprint density at radius 1 is 1.50 bits per heavy atom. The van der Waals surface area contributed by atoms with Crippen LogP contribution in [0.15, 0.2) is 29.7 Å². The number of nitro groups is 1. The molecule has 0 heterocycles. The van der Waals surface area contributed by atoms with Crippen LogP contribution >= 0.6 is 0 Å². The zero-order valence-electron chi connectivity index (χ0n) is 6.99. The molecule has 0 saturated heterocycles. The van der Waals surface area contributed by atoms with Crippen LogP contribution in [0.25, 0.3) is 6.08 Å². The van der Waals surface area contributed by atoms with Crippen LogP contribution in [0.2, 0.25) is 0 Å². The summed E-state index contributed by atoms with van der Waals surface area (Å²) in [6.45, 7) is 0. The molecule has 1 aromatic carbocycles. The van der Waals surface area contributed by atoms with E-state index in [4.69, 9.17) is 4.55 Å². The molecule has 0 aliphatic rings. The van der Waals surface area contributed by atoms with Crippen LogP contribution in [-0.2, 0) is 11.1 Å². The molecule has 0 saturated carbocycles. The normalized spacial score (nSPS) is 12.9. The van der Waals surface area contributed by atoms with E-state index in [1.165, 1.54) is 24.3 Å². The van der Waals surface area contributed by atoms with Gasteiger partial charge in [0.25, 0.3) is 5.69 Å². The van der Waals surface area contributed by atoms with Gasteiger partial charge in [0.05, 0.1) is 4.92 Å². The van der Waals surface area contributed by atoms with E-state index >= 15 is 0 Å². The van der Waals surface area contributed by atoms with E-state index in [1.54, 1.807) is 6.07 Å². The second-order valence-electron chi connectivity index (χ2n) is 2.43. The number of non-ortho nitro benzene ring substituents is 1. The molecule has 14 heavy (non-hydrogen) atoms. The van der Waals surface area contributed by atoms with Crippen LogP contribution in [-0.4, -0.2) is 13.7 Å². The minimum absolute atomic E-state index is 0.0455. The van der Waals surface area contributed by atoms with Crippen molar-refractivity contribution >= 4 is 22.8 Å². The lowest BCUT2D eigenvalue weighted by Gasteiger charge is -1.92. The van der Waals surface area contributed by atoms with Crippen molar-refractivity contribution in [3.05, 3.63) is 45.4 Å². The molecule has 0 aromatic heterocycles. The minimum Gasteiger partial charge on any atom is -0.303 e. The van der Waals surface area contributed by atoms with Crippen molar-refractivity contribution in [2.24, 2.45) is 0 Å². The third-order valence-electron chi connectivity index (χ3n) is 1.46. The van der Waals surface area contributed by atoms with Gasteiger partial charge in [0.2, 0.25) is 0 Å². The molecule has 74 valence electrons. The second kappa shape index (κ2) is 4.64. The average Bonchev–Trinajstić information content (AvgIpc) is 2.15. The fourth-order valence-electron chi connectivity index (χ4n) is 0.879. The second-order valence-corrected chi connectivity index (χ2v) is 3.26. The van der Waals surface area contributed by atoms with Gasteiger partial charge in [-0.05, 0) is 11.6 Å². The SMILES string of the molecule is O=[N+]([O-])c1cccc(/C=C/S(=O)O)c1. The van der Waals surface area contributed by atoms with E-state index in [-0.39, 0.29) is 5.69 Å². The largest absolute Gasteiger partial charge is 0.303 e. The first kappa shape index (κ1) is 10.6. The molecule has 6 heteroatoms. The monoisotopic (exact) mass is 213 g/mol. The number of rotatable bonds is 3. The van der Waals surface area contributed by atoms with E-state index in [2.05, 4.69) is 0 Å². The quantitative estimate of drug-likeness (QED) is 0.471. The van der Waals surface area contributed by atoms with Gasteiger partial charge in [0.1, 0.15) is 0 Å². The van der Waals surface area contributed by atoms with Crippen molar-refractivity contribution in [3.8, 4) is 0 Å². The molecule has 0 fully saturated rings. The predicted octanol–water partition coefficient (Wildman–Crippen LogP) is 1.79. The first-order chi connectivity index (χ1) is 6.59. The maximum absolute atomic E-state index is 10.4. The van der Waals surface area contributed by atoms with Gasteiger partial charge >= 0.3 is 0 Å². The Morgan fingerprint density at radius 3 is 2.79 bits per heavy atom. The summed E-state index contributed by atoms with van der Waals surface area (Å²) in [5.74, 6) is 0. The third-order valence-corrected chi connectivity index (χ3v) is 1.83. The highest BCUT2D eigenvalue weighted by Crippen LogP contribution is 2.14. The van der Waals surface area contributed by atoms with Crippen molar-refractivity contribution in [1.29, 1.82) is 0 Å². The highest BCUT2D eigenvalue weighted by Gasteiger charge is 2.03. The maximum atomic E-state index is 10.4. The molecule has 1 aromatic rings. The van der Waals surface area contributed by atoms with Crippen molar-refractivity contribution in [2.45, 2.75) is 0 Å². The maximum Gasteiger partial charge on any atom is 0.270 e. The van der Waals surface area contributed by atoms with Crippen LogP contribution in [0.5, 0.6) is 0 Å². The Bertz CT molecular complexity index is 402. The molecule has 0 aliphatic carbocycles. The zero-order chi connectivity index (χ0) is 10.6. The topological polar surface area (TPSA) is 80.4 Å². The summed E-state index contributed by atoms with van der Waals surface area (Å²) in [7, 11) is 0. The summed E-state index contributed by atoms with van der Waals surface area (Å²) in [5, 5.41) is 11.4. The van der Waals surface area contributed by atoms with Crippen LogP contribution in [0.1, 0.15) is 5.56 Å². The standard InChI is InChI=1S/C8H7NO4S/c10-9(11)8-3-1-2-7(6-8)4-5-14(12)13/h1-6H,(H,12,13)/b5-4+. The van der Waals surface area contributed by atoms with Gasteiger partial charge in [-0.2, -0.15) is 0 Å². The van der Waals surface area contributed by atoms with Gasteiger partial charge in [-0.25, -0.2) is 4.21 Å². The number of hydrogen-bond donors (Lipinski definition) is 1.